The molecule has 0 radical (unpaired) electrons. The zero-order valence-corrected chi connectivity index (χ0v) is 16.4. The lowest BCUT2D eigenvalue weighted by Crippen LogP contribution is -2.37. The van der Waals surface area contributed by atoms with Crippen LogP contribution in [0, 0.1) is 6.92 Å². The van der Waals surface area contributed by atoms with Crippen LogP contribution in [0.4, 0.5) is 0 Å². The third-order valence-electron chi connectivity index (χ3n) is 4.43. The van der Waals surface area contributed by atoms with Crippen LogP contribution in [0.2, 0.25) is 0 Å². The van der Waals surface area contributed by atoms with Gasteiger partial charge in [0, 0.05) is 25.8 Å². The van der Waals surface area contributed by atoms with Gasteiger partial charge in [0.05, 0.1) is 0 Å². The first kappa shape index (κ1) is 18.4. The summed E-state index contributed by atoms with van der Waals surface area (Å²) in [6, 6.07) is 8.15. The molecule has 0 saturated carbocycles. The molecule has 6 nitrogen and oxygen atoms in total. The Morgan fingerprint density at radius 3 is 2.42 bits per heavy atom. The Morgan fingerprint density at radius 1 is 1.08 bits per heavy atom. The summed E-state index contributed by atoms with van der Waals surface area (Å²) in [7, 11) is 3.12. The van der Waals surface area contributed by atoms with Crippen molar-refractivity contribution in [3.63, 3.8) is 0 Å². The number of thioether (sulfide) groups is 1. The zero-order valence-electron chi connectivity index (χ0n) is 15.6. The van der Waals surface area contributed by atoms with Gasteiger partial charge in [-0.15, -0.1) is 11.8 Å². The van der Waals surface area contributed by atoms with Crippen LogP contribution in [0.5, 0.6) is 0 Å². The molecule has 0 spiro atoms. The molecule has 0 aliphatic rings. The van der Waals surface area contributed by atoms with E-state index in [-0.39, 0.29) is 17.2 Å². The highest BCUT2D eigenvalue weighted by molar-refractivity contribution is 7.98. The summed E-state index contributed by atoms with van der Waals surface area (Å²) >= 11 is 1.51. The minimum atomic E-state index is -0.384. The summed E-state index contributed by atoms with van der Waals surface area (Å²) in [5.74, 6) is 1.42. The first-order valence-electron chi connectivity index (χ1n) is 8.46. The highest BCUT2D eigenvalue weighted by Crippen LogP contribution is 2.28. The molecule has 7 heteroatoms. The molecule has 0 amide bonds. The van der Waals surface area contributed by atoms with Crippen molar-refractivity contribution in [2.45, 2.75) is 37.5 Å². The second-order valence-corrected chi connectivity index (χ2v) is 7.63. The van der Waals surface area contributed by atoms with Gasteiger partial charge < -0.3 is 0 Å². The lowest BCUT2D eigenvalue weighted by molar-refractivity contribution is 0.689. The average molecular weight is 370 g/mol. The molecule has 2 heterocycles. The lowest BCUT2D eigenvalue weighted by Gasteiger charge is -2.13. The molecule has 0 unspecified atom stereocenters. The zero-order chi connectivity index (χ0) is 19.0. The monoisotopic (exact) mass is 370 g/mol. The maximum atomic E-state index is 12.7. The van der Waals surface area contributed by atoms with E-state index in [1.54, 1.807) is 7.05 Å². The Balaban J connectivity index is 2.21. The maximum Gasteiger partial charge on any atom is 0.332 e. The number of rotatable bonds is 4. The van der Waals surface area contributed by atoms with Gasteiger partial charge in [-0.2, -0.15) is 0 Å². The number of benzene rings is 1. The summed E-state index contributed by atoms with van der Waals surface area (Å²) in [5, 5.41) is 1.02. The SMILES string of the molecule is Cc1ccccc1CSc1nc(C(C)C)nc2c1c(=O)n(C)c(=O)n2C. The van der Waals surface area contributed by atoms with Crippen LogP contribution in [-0.4, -0.2) is 19.1 Å². The van der Waals surface area contributed by atoms with Crippen molar-refractivity contribution >= 4 is 22.8 Å². The molecule has 26 heavy (non-hydrogen) atoms. The lowest BCUT2D eigenvalue weighted by atomic mass is 10.1. The smallest absolute Gasteiger partial charge is 0.280 e. The summed E-state index contributed by atoms with van der Waals surface area (Å²) in [5.41, 5.74) is 2.04. The number of fused-ring (bicyclic) bond motifs is 1. The fourth-order valence-electron chi connectivity index (χ4n) is 2.73. The topological polar surface area (TPSA) is 69.8 Å². The fourth-order valence-corrected chi connectivity index (χ4v) is 3.82. The summed E-state index contributed by atoms with van der Waals surface area (Å²) in [4.78, 5) is 34.2. The van der Waals surface area contributed by atoms with E-state index in [0.29, 0.717) is 27.6 Å². The normalized spacial score (nSPS) is 11.5. The first-order valence-corrected chi connectivity index (χ1v) is 9.44. The van der Waals surface area contributed by atoms with Gasteiger partial charge in [-0.25, -0.2) is 14.8 Å². The van der Waals surface area contributed by atoms with E-state index in [4.69, 9.17) is 0 Å². The quantitative estimate of drug-likeness (QED) is 0.522. The Bertz CT molecular complexity index is 1100. The Kier molecular flexibility index (Phi) is 5.00. The predicted octanol–water partition coefficient (Wildman–Crippen LogP) is 2.75. The van der Waals surface area contributed by atoms with Crippen LogP contribution >= 0.6 is 11.8 Å². The van der Waals surface area contributed by atoms with Gasteiger partial charge in [-0.3, -0.25) is 13.9 Å². The standard InChI is InChI=1S/C19H22N4O2S/c1-11(2)15-20-16-14(18(24)23(5)19(25)22(16)4)17(21-15)26-10-13-9-7-6-8-12(13)3/h6-9,11H,10H2,1-5H3. The Labute approximate surface area is 155 Å². The van der Waals surface area contributed by atoms with E-state index in [1.807, 2.05) is 26.0 Å². The van der Waals surface area contributed by atoms with Crippen LogP contribution in [0.25, 0.3) is 11.0 Å². The average Bonchev–Trinajstić information content (AvgIpc) is 2.63. The second kappa shape index (κ2) is 7.07. The minimum Gasteiger partial charge on any atom is -0.280 e. The molecule has 136 valence electrons. The van der Waals surface area contributed by atoms with Crippen LogP contribution < -0.4 is 11.2 Å². The van der Waals surface area contributed by atoms with Crippen LogP contribution in [0.1, 0.15) is 36.7 Å². The van der Waals surface area contributed by atoms with Gasteiger partial charge in [0.25, 0.3) is 5.56 Å². The molecular formula is C19H22N4O2S. The van der Waals surface area contributed by atoms with Gasteiger partial charge >= 0.3 is 5.69 Å². The van der Waals surface area contributed by atoms with Crippen molar-refractivity contribution in [1.82, 2.24) is 19.1 Å². The largest absolute Gasteiger partial charge is 0.332 e. The molecule has 3 aromatic rings. The molecule has 0 fully saturated rings. The highest BCUT2D eigenvalue weighted by atomic mass is 32.2. The van der Waals surface area contributed by atoms with Crippen molar-refractivity contribution in [1.29, 1.82) is 0 Å². The van der Waals surface area contributed by atoms with Gasteiger partial charge in [-0.1, -0.05) is 38.1 Å². The van der Waals surface area contributed by atoms with Crippen molar-refractivity contribution in [2.75, 3.05) is 0 Å². The summed E-state index contributed by atoms with van der Waals surface area (Å²) < 4.78 is 2.53. The van der Waals surface area contributed by atoms with Crippen molar-refractivity contribution in [3.8, 4) is 0 Å². The highest BCUT2D eigenvalue weighted by Gasteiger charge is 2.18. The number of hydrogen-bond donors (Lipinski definition) is 0. The van der Waals surface area contributed by atoms with Crippen LogP contribution in [0.3, 0.4) is 0 Å². The number of aryl methyl sites for hydroxylation is 2. The minimum absolute atomic E-state index is 0.0939. The van der Waals surface area contributed by atoms with Gasteiger partial charge in [-0.05, 0) is 18.1 Å². The van der Waals surface area contributed by atoms with E-state index in [9.17, 15) is 9.59 Å². The fraction of sp³-hybridized carbons (Fsp3) is 0.368. The summed E-state index contributed by atoms with van der Waals surface area (Å²) in [6.07, 6.45) is 0. The predicted molar refractivity (Wildman–Crippen MR) is 105 cm³/mol. The third-order valence-corrected chi connectivity index (χ3v) is 5.45. The van der Waals surface area contributed by atoms with E-state index in [0.717, 1.165) is 4.57 Å². The summed E-state index contributed by atoms with van der Waals surface area (Å²) in [6.45, 7) is 6.06. The van der Waals surface area contributed by atoms with Crippen LogP contribution in [0.15, 0.2) is 38.9 Å². The molecule has 0 N–H and O–H groups in total. The second-order valence-electron chi connectivity index (χ2n) is 6.66. The van der Waals surface area contributed by atoms with E-state index < -0.39 is 0 Å². The molecule has 1 aromatic carbocycles. The molecule has 0 bridgehead atoms. The van der Waals surface area contributed by atoms with Gasteiger partial charge in [0.1, 0.15) is 16.2 Å². The number of hydrogen-bond acceptors (Lipinski definition) is 5. The van der Waals surface area contributed by atoms with Gasteiger partial charge in [0.2, 0.25) is 0 Å². The van der Waals surface area contributed by atoms with E-state index in [2.05, 4.69) is 29.0 Å². The van der Waals surface area contributed by atoms with Crippen LogP contribution in [-0.2, 0) is 19.8 Å². The Morgan fingerprint density at radius 2 is 1.77 bits per heavy atom. The van der Waals surface area contributed by atoms with Crippen molar-refractivity contribution in [3.05, 3.63) is 62.1 Å². The number of aromatic nitrogens is 4. The molecule has 2 aromatic heterocycles. The molecular weight excluding hydrogens is 348 g/mol. The van der Waals surface area contributed by atoms with Crippen molar-refractivity contribution in [2.24, 2.45) is 14.1 Å². The molecule has 0 aliphatic heterocycles. The molecule has 0 aliphatic carbocycles. The molecule has 0 atom stereocenters. The molecule has 0 saturated heterocycles. The first-order chi connectivity index (χ1) is 12.3. The Hall–Kier alpha value is -2.41. The number of nitrogens with zero attached hydrogens (tertiary/aromatic N) is 4. The van der Waals surface area contributed by atoms with E-state index in [1.165, 1.54) is 34.5 Å². The maximum absolute atomic E-state index is 12.7. The van der Waals surface area contributed by atoms with Crippen molar-refractivity contribution < 1.29 is 0 Å². The van der Waals surface area contributed by atoms with Gasteiger partial charge in [0.15, 0.2) is 5.65 Å². The van der Waals surface area contributed by atoms with E-state index >= 15 is 0 Å². The third kappa shape index (κ3) is 3.19. The molecule has 3 rings (SSSR count).